The maximum Gasteiger partial charge on any atom is 0.229 e. The van der Waals surface area contributed by atoms with Crippen LogP contribution >= 0.6 is 0 Å². The van der Waals surface area contributed by atoms with Crippen molar-refractivity contribution in [2.45, 2.75) is 20.3 Å². The summed E-state index contributed by atoms with van der Waals surface area (Å²) in [6.07, 6.45) is 0.161. The Hall–Kier alpha value is -2.69. The predicted octanol–water partition coefficient (Wildman–Crippen LogP) is 3.43. The Bertz CT molecular complexity index is 783. The highest BCUT2D eigenvalue weighted by Crippen LogP contribution is 2.27. The summed E-state index contributed by atoms with van der Waals surface area (Å²) < 4.78 is 13.2. The molecule has 0 radical (unpaired) electrons. The number of aryl methyl sites for hydroxylation is 2. The molecular formula is C19H19FN2O2. The van der Waals surface area contributed by atoms with Crippen LogP contribution in [0.3, 0.4) is 0 Å². The molecule has 1 unspecified atom stereocenters. The lowest BCUT2D eigenvalue weighted by Gasteiger charge is -2.18. The molecule has 3 rings (SSSR count). The van der Waals surface area contributed by atoms with Gasteiger partial charge in [-0.05, 0) is 55.3 Å². The molecule has 1 saturated heterocycles. The van der Waals surface area contributed by atoms with E-state index in [1.807, 2.05) is 32.0 Å². The molecule has 1 heterocycles. The Morgan fingerprint density at radius 1 is 1.17 bits per heavy atom. The van der Waals surface area contributed by atoms with Gasteiger partial charge in [0, 0.05) is 24.3 Å². The molecule has 0 spiro atoms. The third-order valence-corrected chi connectivity index (χ3v) is 4.11. The molecule has 1 fully saturated rings. The van der Waals surface area contributed by atoms with Crippen molar-refractivity contribution in [3.8, 4) is 0 Å². The SMILES string of the molecule is Cc1cc(C)cc(N2CC(C(=O)Nc3cccc(F)c3)CC2=O)c1. The van der Waals surface area contributed by atoms with E-state index in [0.717, 1.165) is 16.8 Å². The number of rotatable bonds is 3. The predicted molar refractivity (Wildman–Crippen MR) is 91.4 cm³/mol. The first kappa shape index (κ1) is 16.2. The molecule has 1 atom stereocenters. The van der Waals surface area contributed by atoms with E-state index in [1.54, 1.807) is 11.0 Å². The molecule has 1 N–H and O–H groups in total. The molecule has 4 nitrogen and oxygen atoms in total. The summed E-state index contributed by atoms with van der Waals surface area (Å²) >= 11 is 0. The van der Waals surface area contributed by atoms with Gasteiger partial charge in [0.25, 0.3) is 0 Å². The molecule has 24 heavy (non-hydrogen) atoms. The van der Waals surface area contributed by atoms with Crippen LogP contribution in [0.25, 0.3) is 0 Å². The number of nitrogens with zero attached hydrogens (tertiary/aromatic N) is 1. The summed E-state index contributed by atoms with van der Waals surface area (Å²) in [6.45, 7) is 4.29. The van der Waals surface area contributed by atoms with Gasteiger partial charge in [0.15, 0.2) is 0 Å². The van der Waals surface area contributed by atoms with E-state index in [9.17, 15) is 14.0 Å². The maximum atomic E-state index is 13.2. The first-order chi connectivity index (χ1) is 11.4. The van der Waals surface area contributed by atoms with E-state index in [0.29, 0.717) is 12.2 Å². The number of carbonyl (C=O) groups excluding carboxylic acids is 2. The summed E-state index contributed by atoms with van der Waals surface area (Å²) in [5.41, 5.74) is 3.37. The van der Waals surface area contributed by atoms with Gasteiger partial charge in [-0.25, -0.2) is 4.39 Å². The van der Waals surface area contributed by atoms with Crippen LogP contribution in [0.15, 0.2) is 42.5 Å². The zero-order valence-corrected chi connectivity index (χ0v) is 13.7. The summed E-state index contributed by atoms with van der Waals surface area (Å²) in [5, 5.41) is 2.68. The number of benzene rings is 2. The van der Waals surface area contributed by atoms with Gasteiger partial charge in [-0.3, -0.25) is 9.59 Å². The second-order valence-electron chi connectivity index (χ2n) is 6.25. The summed E-state index contributed by atoms with van der Waals surface area (Å²) in [5.74, 6) is -1.19. The fourth-order valence-electron chi connectivity index (χ4n) is 3.05. The normalized spacial score (nSPS) is 17.2. The van der Waals surface area contributed by atoms with Crippen molar-refractivity contribution in [1.29, 1.82) is 0 Å². The molecule has 1 aliphatic heterocycles. The Labute approximate surface area is 140 Å². The number of nitrogens with one attached hydrogen (secondary N) is 1. The zero-order chi connectivity index (χ0) is 17.3. The molecule has 0 bridgehead atoms. The second-order valence-corrected chi connectivity index (χ2v) is 6.25. The van der Waals surface area contributed by atoms with Crippen LogP contribution in [-0.2, 0) is 9.59 Å². The van der Waals surface area contributed by atoms with Crippen LogP contribution in [0.5, 0.6) is 0 Å². The fraction of sp³-hybridized carbons (Fsp3) is 0.263. The van der Waals surface area contributed by atoms with Gasteiger partial charge < -0.3 is 10.2 Å². The van der Waals surface area contributed by atoms with Gasteiger partial charge in [0.2, 0.25) is 11.8 Å². The Morgan fingerprint density at radius 3 is 2.54 bits per heavy atom. The molecule has 2 aromatic rings. The Kier molecular flexibility index (Phi) is 4.34. The van der Waals surface area contributed by atoms with Crippen molar-refractivity contribution in [2.75, 3.05) is 16.8 Å². The molecule has 5 heteroatoms. The van der Waals surface area contributed by atoms with Gasteiger partial charge in [-0.2, -0.15) is 0 Å². The highest BCUT2D eigenvalue weighted by molar-refractivity contribution is 6.03. The molecule has 2 amide bonds. The molecule has 124 valence electrons. The lowest BCUT2D eigenvalue weighted by molar-refractivity contribution is -0.122. The Balaban J connectivity index is 1.73. The molecule has 0 saturated carbocycles. The largest absolute Gasteiger partial charge is 0.326 e. The zero-order valence-electron chi connectivity index (χ0n) is 13.7. The number of amides is 2. The minimum absolute atomic E-state index is 0.0700. The minimum atomic E-state index is -0.443. The number of halogens is 1. The topological polar surface area (TPSA) is 49.4 Å². The lowest BCUT2D eigenvalue weighted by atomic mass is 10.1. The van der Waals surface area contributed by atoms with Gasteiger partial charge in [-0.15, -0.1) is 0 Å². The van der Waals surface area contributed by atoms with Crippen molar-refractivity contribution < 1.29 is 14.0 Å². The van der Waals surface area contributed by atoms with E-state index in [-0.39, 0.29) is 18.2 Å². The summed E-state index contributed by atoms with van der Waals surface area (Å²) in [6, 6.07) is 11.7. The van der Waals surface area contributed by atoms with E-state index < -0.39 is 11.7 Å². The third kappa shape index (κ3) is 3.45. The van der Waals surface area contributed by atoms with Crippen LogP contribution in [0.1, 0.15) is 17.5 Å². The Morgan fingerprint density at radius 2 is 1.88 bits per heavy atom. The van der Waals surface area contributed by atoms with Gasteiger partial charge in [0.05, 0.1) is 5.92 Å². The van der Waals surface area contributed by atoms with Gasteiger partial charge in [0.1, 0.15) is 5.82 Å². The van der Waals surface area contributed by atoms with E-state index in [2.05, 4.69) is 5.32 Å². The van der Waals surface area contributed by atoms with E-state index in [4.69, 9.17) is 0 Å². The van der Waals surface area contributed by atoms with E-state index in [1.165, 1.54) is 18.2 Å². The third-order valence-electron chi connectivity index (χ3n) is 4.11. The number of carbonyl (C=O) groups is 2. The monoisotopic (exact) mass is 326 g/mol. The smallest absolute Gasteiger partial charge is 0.229 e. The highest BCUT2D eigenvalue weighted by Gasteiger charge is 2.35. The van der Waals surface area contributed by atoms with Crippen LogP contribution in [0.2, 0.25) is 0 Å². The van der Waals surface area contributed by atoms with Gasteiger partial charge >= 0.3 is 0 Å². The molecule has 0 aromatic heterocycles. The van der Waals surface area contributed by atoms with Crippen molar-refractivity contribution in [1.82, 2.24) is 0 Å². The molecule has 1 aliphatic rings. The second kappa shape index (κ2) is 6.43. The first-order valence-electron chi connectivity index (χ1n) is 7.87. The van der Waals surface area contributed by atoms with Crippen molar-refractivity contribution >= 4 is 23.2 Å². The minimum Gasteiger partial charge on any atom is -0.326 e. The number of hydrogen-bond acceptors (Lipinski definition) is 2. The maximum absolute atomic E-state index is 13.2. The summed E-state index contributed by atoms with van der Waals surface area (Å²) in [7, 11) is 0. The first-order valence-corrected chi connectivity index (χ1v) is 7.87. The highest BCUT2D eigenvalue weighted by atomic mass is 19.1. The quantitative estimate of drug-likeness (QED) is 0.939. The fourth-order valence-corrected chi connectivity index (χ4v) is 3.05. The number of anilines is 2. The lowest BCUT2D eigenvalue weighted by Crippen LogP contribution is -2.28. The van der Waals surface area contributed by atoms with Crippen LogP contribution < -0.4 is 10.2 Å². The van der Waals surface area contributed by atoms with E-state index >= 15 is 0 Å². The van der Waals surface area contributed by atoms with Gasteiger partial charge in [-0.1, -0.05) is 12.1 Å². The average molecular weight is 326 g/mol. The molecule has 0 aliphatic carbocycles. The standard InChI is InChI=1S/C19H19FN2O2/c1-12-6-13(2)8-17(7-12)22-11-14(9-18(22)23)19(24)21-16-5-3-4-15(20)10-16/h3-8,10,14H,9,11H2,1-2H3,(H,21,24). The van der Waals surface area contributed by atoms with Crippen molar-refractivity contribution in [2.24, 2.45) is 5.92 Å². The van der Waals surface area contributed by atoms with Crippen LogP contribution in [0, 0.1) is 25.6 Å². The van der Waals surface area contributed by atoms with Crippen molar-refractivity contribution in [3.63, 3.8) is 0 Å². The number of hydrogen-bond donors (Lipinski definition) is 1. The molecule has 2 aromatic carbocycles. The molecular weight excluding hydrogens is 307 g/mol. The summed E-state index contributed by atoms with van der Waals surface area (Å²) in [4.78, 5) is 26.3. The van der Waals surface area contributed by atoms with Crippen LogP contribution in [0.4, 0.5) is 15.8 Å². The van der Waals surface area contributed by atoms with Crippen LogP contribution in [-0.4, -0.2) is 18.4 Å². The average Bonchev–Trinajstić information content (AvgIpc) is 2.88. The van der Waals surface area contributed by atoms with Crippen molar-refractivity contribution in [3.05, 3.63) is 59.4 Å².